The van der Waals surface area contributed by atoms with Crippen LogP contribution >= 0.6 is 0 Å². The molecule has 3 aromatic rings. The van der Waals surface area contributed by atoms with Crippen LogP contribution in [0.3, 0.4) is 0 Å². The molecule has 4 rings (SSSR count). The molecule has 1 amide bonds. The zero-order valence-corrected chi connectivity index (χ0v) is 22.6. The highest BCUT2D eigenvalue weighted by Crippen LogP contribution is 2.36. The summed E-state index contributed by atoms with van der Waals surface area (Å²) >= 11 is 0. The Bertz CT molecular complexity index is 1140. The number of rotatable bonds is 9. The summed E-state index contributed by atoms with van der Waals surface area (Å²) in [7, 11) is 0. The molecule has 0 spiro atoms. The van der Waals surface area contributed by atoms with Crippen LogP contribution < -0.4 is 5.32 Å². The van der Waals surface area contributed by atoms with Crippen molar-refractivity contribution >= 4 is 12.1 Å². The number of amides is 1. The lowest BCUT2D eigenvalue weighted by Gasteiger charge is -2.38. The zero-order valence-electron chi connectivity index (χ0n) is 22.6. The Morgan fingerprint density at radius 3 is 2.00 bits per heavy atom. The summed E-state index contributed by atoms with van der Waals surface area (Å²) in [5, 5.41) is 3.65. The van der Waals surface area contributed by atoms with Crippen LogP contribution in [0.5, 0.6) is 0 Å². The van der Waals surface area contributed by atoms with Crippen LogP contribution in [0.25, 0.3) is 0 Å². The Balaban J connectivity index is 1.54. The van der Waals surface area contributed by atoms with Crippen molar-refractivity contribution in [1.29, 1.82) is 0 Å². The Morgan fingerprint density at radius 2 is 1.45 bits per heavy atom. The molecule has 1 unspecified atom stereocenters. The van der Waals surface area contributed by atoms with Gasteiger partial charge in [0.25, 0.3) is 0 Å². The predicted molar refractivity (Wildman–Crippen MR) is 148 cm³/mol. The minimum Gasteiger partial charge on any atom is -0.458 e. The number of benzene rings is 3. The average Bonchev–Trinajstić information content (AvgIpc) is 3.36. The van der Waals surface area contributed by atoms with Crippen LogP contribution in [0.4, 0.5) is 4.79 Å². The molecular weight excluding hydrogens is 476 g/mol. The second kappa shape index (κ2) is 12.3. The van der Waals surface area contributed by atoms with E-state index >= 15 is 0 Å². The number of nitrogens with one attached hydrogen (secondary N) is 1. The molecule has 1 aliphatic rings. The van der Waals surface area contributed by atoms with Gasteiger partial charge in [-0.1, -0.05) is 91.0 Å². The molecule has 0 saturated carbocycles. The SMILES string of the molecule is CC(C)(C)OC(=O)C1(CCNC(c2ccccc2)c2ccccc2)CCCN1C(=O)OCc1ccccc1. The maximum absolute atomic E-state index is 13.7. The van der Waals surface area contributed by atoms with E-state index in [2.05, 4.69) is 29.6 Å². The highest BCUT2D eigenvalue weighted by atomic mass is 16.6. The lowest BCUT2D eigenvalue weighted by atomic mass is 9.90. The molecule has 0 aromatic heterocycles. The number of hydrogen-bond acceptors (Lipinski definition) is 5. The summed E-state index contributed by atoms with van der Waals surface area (Å²) in [4.78, 5) is 28.6. The number of ether oxygens (including phenoxy) is 2. The van der Waals surface area contributed by atoms with Crippen molar-refractivity contribution in [2.75, 3.05) is 13.1 Å². The van der Waals surface area contributed by atoms with E-state index in [1.54, 1.807) is 4.90 Å². The maximum Gasteiger partial charge on any atom is 0.411 e. The van der Waals surface area contributed by atoms with Crippen LogP contribution in [0, 0.1) is 0 Å². The molecule has 1 N–H and O–H groups in total. The Morgan fingerprint density at radius 1 is 0.895 bits per heavy atom. The first-order valence-electron chi connectivity index (χ1n) is 13.3. The first-order valence-corrected chi connectivity index (χ1v) is 13.3. The predicted octanol–water partition coefficient (Wildman–Crippen LogP) is 6.27. The molecule has 1 saturated heterocycles. The largest absolute Gasteiger partial charge is 0.458 e. The Labute approximate surface area is 226 Å². The van der Waals surface area contributed by atoms with Gasteiger partial charge < -0.3 is 14.8 Å². The molecule has 200 valence electrons. The van der Waals surface area contributed by atoms with Crippen LogP contribution in [0.15, 0.2) is 91.0 Å². The van der Waals surface area contributed by atoms with Crippen molar-refractivity contribution in [2.45, 2.75) is 63.8 Å². The molecule has 1 aliphatic heterocycles. The third kappa shape index (κ3) is 6.81. The number of carbonyl (C=O) groups is 2. The highest BCUT2D eigenvalue weighted by molar-refractivity contribution is 5.87. The van der Waals surface area contributed by atoms with Crippen molar-refractivity contribution < 1.29 is 19.1 Å². The smallest absolute Gasteiger partial charge is 0.411 e. The zero-order chi connectivity index (χ0) is 27.0. The van der Waals surface area contributed by atoms with Gasteiger partial charge in [-0.2, -0.15) is 0 Å². The monoisotopic (exact) mass is 514 g/mol. The second-order valence-corrected chi connectivity index (χ2v) is 10.8. The van der Waals surface area contributed by atoms with Gasteiger partial charge in [-0.15, -0.1) is 0 Å². The third-order valence-corrected chi connectivity index (χ3v) is 6.85. The molecule has 1 atom stereocenters. The fourth-order valence-corrected chi connectivity index (χ4v) is 5.03. The van der Waals surface area contributed by atoms with Crippen molar-refractivity contribution in [3.63, 3.8) is 0 Å². The molecule has 1 fully saturated rings. The van der Waals surface area contributed by atoms with Crippen molar-refractivity contribution in [2.24, 2.45) is 0 Å². The van der Waals surface area contributed by atoms with Crippen LogP contribution in [-0.2, 0) is 20.9 Å². The maximum atomic E-state index is 13.7. The molecule has 0 bridgehead atoms. The summed E-state index contributed by atoms with van der Waals surface area (Å²) in [6.45, 7) is 6.67. The van der Waals surface area contributed by atoms with Gasteiger partial charge in [-0.25, -0.2) is 9.59 Å². The van der Waals surface area contributed by atoms with Crippen molar-refractivity contribution in [3.8, 4) is 0 Å². The van der Waals surface area contributed by atoms with Gasteiger partial charge in [0.2, 0.25) is 0 Å². The number of esters is 1. The second-order valence-electron chi connectivity index (χ2n) is 10.8. The molecule has 1 heterocycles. The quantitative estimate of drug-likeness (QED) is 0.341. The molecule has 38 heavy (non-hydrogen) atoms. The summed E-state index contributed by atoms with van der Waals surface area (Å²) in [5.74, 6) is -0.378. The summed E-state index contributed by atoms with van der Waals surface area (Å²) in [5.41, 5.74) is 1.41. The van der Waals surface area contributed by atoms with Gasteiger partial charge in [0, 0.05) is 6.54 Å². The normalized spacial score (nSPS) is 17.4. The highest BCUT2D eigenvalue weighted by Gasteiger charge is 2.52. The topological polar surface area (TPSA) is 67.9 Å². The fraction of sp³-hybridized carbons (Fsp3) is 0.375. The Hall–Kier alpha value is -3.64. The van der Waals surface area contributed by atoms with Gasteiger partial charge >= 0.3 is 12.1 Å². The minimum absolute atomic E-state index is 0.0482. The lowest BCUT2D eigenvalue weighted by molar-refractivity contribution is -0.168. The number of hydrogen-bond donors (Lipinski definition) is 1. The van der Waals surface area contributed by atoms with E-state index < -0.39 is 17.2 Å². The summed E-state index contributed by atoms with van der Waals surface area (Å²) in [6.07, 6.45) is 1.17. The molecule has 3 aromatic carbocycles. The standard InChI is InChI=1S/C32H38N2O4/c1-31(2,3)38-29(35)32(20-13-23-34(32)30(36)37-24-25-14-7-4-8-15-25)21-22-33-28(26-16-9-5-10-17-26)27-18-11-6-12-19-27/h4-12,14-19,28,33H,13,20-24H2,1-3H3. The Kier molecular flexibility index (Phi) is 8.85. The van der Waals surface area contributed by atoms with Gasteiger partial charge in [0.1, 0.15) is 17.7 Å². The van der Waals surface area contributed by atoms with Crippen LogP contribution in [-0.4, -0.2) is 41.2 Å². The summed E-state index contributed by atoms with van der Waals surface area (Å²) < 4.78 is 11.6. The van der Waals surface area contributed by atoms with E-state index in [1.807, 2.05) is 87.5 Å². The van der Waals surface area contributed by atoms with Crippen LogP contribution in [0.1, 0.15) is 62.8 Å². The molecule has 6 heteroatoms. The fourth-order valence-electron chi connectivity index (χ4n) is 5.03. The van der Waals surface area contributed by atoms with E-state index in [1.165, 1.54) is 0 Å². The third-order valence-electron chi connectivity index (χ3n) is 6.85. The van der Waals surface area contributed by atoms with Gasteiger partial charge in [-0.3, -0.25) is 4.90 Å². The number of carbonyl (C=O) groups excluding carboxylic acids is 2. The molecule has 6 nitrogen and oxygen atoms in total. The van der Waals surface area contributed by atoms with E-state index in [-0.39, 0.29) is 18.6 Å². The van der Waals surface area contributed by atoms with E-state index in [0.29, 0.717) is 32.4 Å². The lowest BCUT2D eigenvalue weighted by Crippen LogP contribution is -2.56. The van der Waals surface area contributed by atoms with Gasteiger partial charge in [-0.05, 0) is 63.3 Å². The summed E-state index contributed by atoms with van der Waals surface area (Å²) in [6, 6.07) is 30.0. The molecular formula is C32H38N2O4. The first kappa shape index (κ1) is 27.4. The van der Waals surface area contributed by atoms with E-state index in [0.717, 1.165) is 16.7 Å². The minimum atomic E-state index is -1.09. The number of likely N-dealkylation sites (tertiary alicyclic amines) is 1. The van der Waals surface area contributed by atoms with Crippen molar-refractivity contribution in [1.82, 2.24) is 10.2 Å². The molecule has 0 aliphatic carbocycles. The van der Waals surface area contributed by atoms with Crippen molar-refractivity contribution in [3.05, 3.63) is 108 Å². The van der Waals surface area contributed by atoms with E-state index in [9.17, 15) is 9.59 Å². The number of nitrogens with zero attached hydrogens (tertiary/aromatic N) is 1. The first-order chi connectivity index (χ1) is 18.3. The van der Waals surface area contributed by atoms with E-state index in [4.69, 9.17) is 9.47 Å². The van der Waals surface area contributed by atoms with Gasteiger partial charge in [0.15, 0.2) is 0 Å². The van der Waals surface area contributed by atoms with Gasteiger partial charge in [0.05, 0.1) is 6.04 Å². The average molecular weight is 515 g/mol. The molecule has 0 radical (unpaired) electrons. The van der Waals surface area contributed by atoms with Crippen LogP contribution in [0.2, 0.25) is 0 Å².